The number of aromatic nitrogens is 2. The third-order valence-electron chi connectivity index (χ3n) is 4.56. The maximum atomic E-state index is 12.2. The maximum Gasteiger partial charge on any atom is 0.274 e. The molecular formula is C14H19N3O. The second kappa shape index (κ2) is 4.67. The van der Waals surface area contributed by atoms with Crippen molar-refractivity contribution in [2.24, 2.45) is 5.41 Å². The van der Waals surface area contributed by atoms with E-state index in [1.165, 1.54) is 38.5 Å². The van der Waals surface area contributed by atoms with Crippen LogP contribution in [0.1, 0.15) is 49.0 Å². The molecular weight excluding hydrogens is 226 g/mol. The molecule has 0 N–H and O–H groups in total. The molecule has 2 heterocycles. The highest BCUT2D eigenvalue weighted by molar-refractivity contribution is 5.92. The molecule has 0 bridgehead atoms. The first kappa shape index (κ1) is 11.6. The van der Waals surface area contributed by atoms with Crippen LogP contribution >= 0.6 is 0 Å². The van der Waals surface area contributed by atoms with Crippen LogP contribution < -0.4 is 0 Å². The van der Waals surface area contributed by atoms with Crippen molar-refractivity contribution >= 4 is 5.91 Å². The van der Waals surface area contributed by atoms with E-state index >= 15 is 0 Å². The lowest BCUT2D eigenvalue weighted by Crippen LogP contribution is -2.42. The quantitative estimate of drug-likeness (QED) is 0.762. The highest BCUT2D eigenvalue weighted by Gasteiger charge is 2.38. The number of carbonyl (C=O) groups excluding carboxylic acids is 1. The largest absolute Gasteiger partial charge is 0.337 e. The Kier molecular flexibility index (Phi) is 3.02. The van der Waals surface area contributed by atoms with Crippen LogP contribution in [0.5, 0.6) is 0 Å². The average Bonchev–Trinajstić information content (AvgIpc) is 2.88. The van der Waals surface area contributed by atoms with Crippen LogP contribution in [0.3, 0.4) is 0 Å². The summed E-state index contributed by atoms with van der Waals surface area (Å²) in [6, 6.07) is 0. The Hall–Kier alpha value is -1.45. The van der Waals surface area contributed by atoms with Crippen molar-refractivity contribution in [2.75, 3.05) is 13.1 Å². The fraction of sp³-hybridized carbons (Fsp3) is 0.643. The lowest BCUT2D eigenvalue weighted by molar-refractivity contribution is 0.0581. The predicted molar refractivity (Wildman–Crippen MR) is 68.1 cm³/mol. The van der Waals surface area contributed by atoms with Crippen molar-refractivity contribution in [1.29, 1.82) is 0 Å². The minimum absolute atomic E-state index is 0.0379. The van der Waals surface area contributed by atoms with Crippen LogP contribution in [0.2, 0.25) is 0 Å². The molecule has 1 amide bonds. The molecule has 1 spiro atoms. The molecule has 0 aromatic carbocycles. The Labute approximate surface area is 107 Å². The first-order chi connectivity index (χ1) is 8.79. The Morgan fingerprint density at radius 1 is 1.11 bits per heavy atom. The Morgan fingerprint density at radius 2 is 1.83 bits per heavy atom. The van der Waals surface area contributed by atoms with E-state index in [0.29, 0.717) is 11.1 Å². The summed E-state index contributed by atoms with van der Waals surface area (Å²) in [6.45, 7) is 1.77. The molecule has 18 heavy (non-hydrogen) atoms. The minimum Gasteiger partial charge on any atom is -0.337 e. The van der Waals surface area contributed by atoms with E-state index in [1.54, 1.807) is 18.6 Å². The molecule has 96 valence electrons. The van der Waals surface area contributed by atoms with Gasteiger partial charge in [-0.2, -0.15) is 0 Å². The highest BCUT2D eigenvalue weighted by Crippen LogP contribution is 2.46. The standard InChI is InChI=1S/C14H19N3O/c18-13(12-11-15-7-8-16-12)17-9-5-14(6-10-17)3-1-2-4-14/h7-8,11H,1-6,9-10H2. The van der Waals surface area contributed by atoms with Crippen molar-refractivity contribution in [2.45, 2.75) is 38.5 Å². The molecule has 3 rings (SSSR count). The monoisotopic (exact) mass is 245 g/mol. The van der Waals surface area contributed by atoms with Gasteiger partial charge in [-0.25, -0.2) is 4.98 Å². The topological polar surface area (TPSA) is 46.1 Å². The van der Waals surface area contributed by atoms with E-state index in [1.807, 2.05) is 4.90 Å². The molecule has 2 fully saturated rings. The van der Waals surface area contributed by atoms with Crippen molar-refractivity contribution in [3.63, 3.8) is 0 Å². The van der Waals surface area contributed by atoms with E-state index < -0.39 is 0 Å². The van der Waals surface area contributed by atoms with Crippen LogP contribution in [0, 0.1) is 5.41 Å². The molecule has 0 atom stereocenters. The number of rotatable bonds is 1. The summed E-state index contributed by atoms with van der Waals surface area (Å²) in [4.78, 5) is 22.2. The SMILES string of the molecule is O=C(c1cnccn1)N1CCC2(CCCC2)CC1. The van der Waals surface area contributed by atoms with Crippen molar-refractivity contribution in [3.8, 4) is 0 Å². The Morgan fingerprint density at radius 3 is 2.44 bits per heavy atom. The zero-order valence-corrected chi connectivity index (χ0v) is 10.6. The molecule has 1 aromatic rings. The molecule has 1 saturated carbocycles. The molecule has 1 aliphatic heterocycles. The van der Waals surface area contributed by atoms with Gasteiger partial charge in [0.25, 0.3) is 5.91 Å². The van der Waals surface area contributed by atoms with Gasteiger partial charge >= 0.3 is 0 Å². The number of amides is 1. The van der Waals surface area contributed by atoms with E-state index in [9.17, 15) is 4.79 Å². The Balaban J connectivity index is 1.64. The normalized spacial score (nSPS) is 22.3. The second-order valence-corrected chi connectivity index (χ2v) is 5.59. The van der Waals surface area contributed by atoms with Crippen LogP contribution in [0.25, 0.3) is 0 Å². The van der Waals surface area contributed by atoms with Crippen molar-refractivity contribution in [1.82, 2.24) is 14.9 Å². The van der Waals surface area contributed by atoms with Gasteiger partial charge in [0.1, 0.15) is 5.69 Å². The van der Waals surface area contributed by atoms with E-state index in [4.69, 9.17) is 0 Å². The van der Waals surface area contributed by atoms with Crippen molar-refractivity contribution < 1.29 is 4.79 Å². The molecule has 2 aliphatic rings. The summed E-state index contributed by atoms with van der Waals surface area (Å²) >= 11 is 0. The minimum atomic E-state index is 0.0379. The molecule has 4 heteroatoms. The summed E-state index contributed by atoms with van der Waals surface area (Å²) in [5.74, 6) is 0.0379. The summed E-state index contributed by atoms with van der Waals surface area (Å²) in [7, 11) is 0. The van der Waals surface area contributed by atoms with Gasteiger partial charge in [-0.15, -0.1) is 0 Å². The van der Waals surface area contributed by atoms with E-state index in [0.717, 1.165) is 13.1 Å². The van der Waals surface area contributed by atoms with Gasteiger partial charge in [0.2, 0.25) is 0 Å². The van der Waals surface area contributed by atoms with Gasteiger partial charge in [0.15, 0.2) is 0 Å². The van der Waals surface area contributed by atoms with Crippen LogP contribution in [0.15, 0.2) is 18.6 Å². The zero-order chi connectivity index (χ0) is 12.4. The van der Waals surface area contributed by atoms with Crippen molar-refractivity contribution in [3.05, 3.63) is 24.3 Å². The number of nitrogens with zero attached hydrogens (tertiary/aromatic N) is 3. The number of hydrogen-bond donors (Lipinski definition) is 0. The maximum absolute atomic E-state index is 12.2. The fourth-order valence-electron chi connectivity index (χ4n) is 3.38. The van der Waals surface area contributed by atoms with Gasteiger partial charge in [0, 0.05) is 25.5 Å². The average molecular weight is 245 g/mol. The number of hydrogen-bond acceptors (Lipinski definition) is 3. The van der Waals surface area contributed by atoms with Crippen LogP contribution in [0.4, 0.5) is 0 Å². The van der Waals surface area contributed by atoms with Crippen LogP contribution in [-0.2, 0) is 0 Å². The molecule has 1 aromatic heterocycles. The third-order valence-corrected chi connectivity index (χ3v) is 4.56. The first-order valence-corrected chi connectivity index (χ1v) is 6.84. The Bertz CT molecular complexity index is 416. The second-order valence-electron chi connectivity index (χ2n) is 5.59. The van der Waals surface area contributed by atoms with E-state index in [2.05, 4.69) is 9.97 Å². The van der Waals surface area contributed by atoms with Gasteiger partial charge < -0.3 is 4.90 Å². The molecule has 1 aliphatic carbocycles. The predicted octanol–water partition coefficient (Wildman–Crippen LogP) is 2.27. The van der Waals surface area contributed by atoms with E-state index in [-0.39, 0.29) is 5.91 Å². The fourth-order valence-corrected chi connectivity index (χ4v) is 3.38. The third kappa shape index (κ3) is 2.11. The molecule has 4 nitrogen and oxygen atoms in total. The lowest BCUT2D eigenvalue weighted by Gasteiger charge is -2.39. The number of piperidine rings is 1. The molecule has 0 unspecified atom stereocenters. The molecule has 1 saturated heterocycles. The number of likely N-dealkylation sites (tertiary alicyclic amines) is 1. The number of carbonyl (C=O) groups is 1. The first-order valence-electron chi connectivity index (χ1n) is 6.84. The lowest BCUT2D eigenvalue weighted by atomic mass is 9.77. The van der Waals surface area contributed by atoms with Gasteiger partial charge in [-0.1, -0.05) is 12.8 Å². The van der Waals surface area contributed by atoms with Gasteiger partial charge in [-0.3, -0.25) is 9.78 Å². The molecule has 0 radical (unpaired) electrons. The van der Waals surface area contributed by atoms with Gasteiger partial charge in [-0.05, 0) is 31.1 Å². The zero-order valence-electron chi connectivity index (χ0n) is 10.6. The van der Waals surface area contributed by atoms with Crippen LogP contribution in [-0.4, -0.2) is 33.9 Å². The smallest absolute Gasteiger partial charge is 0.274 e. The summed E-state index contributed by atoms with van der Waals surface area (Å²) < 4.78 is 0. The highest BCUT2D eigenvalue weighted by atomic mass is 16.2. The summed E-state index contributed by atoms with van der Waals surface area (Å²) in [5.41, 5.74) is 1.03. The summed E-state index contributed by atoms with van der Waals surface area (Å²) in [6.07, 6.45) is 12.5. The van der Waals surface area contributed by atoms with Gasteiger partial charge in [0.05, 0.1) is 6.20 Å². The summed E-state index contributed by atoms with van der Waals surface area (Å²) in [5, 5.41) is 0.